The molecule has 1 aromatic rings. The lowest BCUT2D eigenvalue weighted by atomic mass is 9.93. The largest absolute Gasteiger partial charge is 0.481 e. The third-order valence-corrected chi connectivity index (χ3v) is 3.43. The lowest BCUT2D eigenvalue weighted by Gasteiger charge is -2.23. The molecule has 0 spiro atoms. The number of nitrogens with one attached hydrogen (secondary N) is 1. The summed E-state index contributed by atoms with van der Waals surface area (Å²) < 4.78 is 6.31. The second-order valence-corrected chi connectivity index (χ2v) is 5.15. The molecule has 1 aliphatic rings. The quantitative estimate of drug-likeness (QED) is 0.926. The Morgan fingerprint density at radius 1 is 1.62 bits per heavy atom. The molecular weight excluding hydrogens is 268 g/mol. The van der Waals surface area contributed by atoms with E-state index in [1.807, 2.05) is 0 Å². The minimum Gasteiger partial charge on any atom is -0.481 e. The number of hydrogen-bond donors (Lipinski definition) is 1. The second-order valence-electron chi connectivity index (χ2n) is 4.24. The van der Waals surface area contributed by atoms with Gasteiger partial charge in [-0.05, 0) is 60.3 Å². The van der Waals surface area contributed by atoms with Gasteiger partial charge in [-0.2, -0.15) is 0 Å². The molecule has 0 radical (unpaired) electrons. The standard InChI is InChI=1S/C12H17BrN2O/c1-16-12-10(6-11(13)8-15-12)5-9-3-2-4-14-7-9/h6,8-9,14H,2-5,7H2,1H3. The SMILES string of the molecule is COc1ncc(Br)cc1CC1CCCNC1. The van der Waals surface area contributed by atoms with E-state index in [1.54, 1.807) is 13.3 Å². The lowest BCUT2D eigenvalue weighted by molar-refractivity contribution is 0.358. The fourth-order valence-corrected chi connectivity index (χ4v) is 2.59. The third-order valence-electron chi connectivity index (χ3n) is 2.99. The topological polar surface area (TPSA) is 34.1 Å². The molecule has 4 heteroatoms. The summed E-state index contributed by atoms with van der Waals surface area (Å²) in [5, 5.41) is 3.43. The molecule has 0 amide bonds. The fraction of sp³-hybridized carbons (Fsp3) is 0.583. The van der Waals surface area contributed by atoms with Gasteiger partial charge in [0.05, 0.1) is 7.11 Å². The Kier molecular flexibility index (Phi) is 4.18. The molecule has 0 bridgehead atoms. The van der Waals surface area contributed by atoms with Crippen LogP contribution in [0, 0.1) is 5.92 Å². The van der Waals surface area contributed by atoms with E-state index in [1.165, 1.54) is 18.4 Å². The summed E-state index contributed by atoms with van der Waals surface area (Å²) in [5.41, 5.74) is 1.20. The molecule has 1 unspecified atom stereocenters. The van der Waals surface area contributed by atoms with Crippen LogP contribution in [0.5, 0.6) is 5.88 Å². The predicted octanol–water partition coefficient (Wildman–Crippen LogP) is 2.39. The summed E-state index contributed by atoms with van der Waals surface area (Å²) in [4.78, 5) is 4.27. The normalized spacial score (nSPS) is 20.8. The zero-order valence-corrected chi connectivity index (χ0v) is 11.1. The summed E-state index contributed by atoms with van der Waals surface area (Å²) in [5.74, 6) is 1.47. The molecule has 1 aromatic heterocycles. The lowest BCUT2D eigenvalue weighted by Crippen LogP contribution is -2.30. The summed E-state index contributed by atoms with van der Waals surface area (Å²) in [6.07, 6.45) is 5.39. The highest BCUT2D eigenvalue weighted by Crippen LogP contribution is 2.24. The third kappa shape index (κ3) is 2.95. The van der Waals surface area contributed by atoms with E-state index < -0.39 is 0 Å². The smallest absolute Gasteiger partial charge is 0.216 e. The maximum Gasteiger partial charge on any atom is 0.216 e. The number of halogens is 1. The van der Waals surface area contributed by atoms with Crippen LogP contribution < -0.4 is 10.1 Å². The number of ether oxygens (including phenoxy) is 1. The van der Waals surface area contributed by atoms with Gasteiger partial charge in [-0.15, -0.1) is 0 Å². The number of aromatic nitrogens is 1. The van der Waals surface area contributed by atoms with E-state index in [-0.39, 0.29) is 0 Å². The Bertz CT molecular complexity index is 351. The minimum absolute atomic E-state index is 0.707. The Morgan fingerprint density at radius 2 is 2.50 bits per heavy atom. The monoisotopic (exact) mass is 284 g/mol. The van der Waals surface area contributed by atoms with Crippen LogP contribution in [0.3, 0.4) is 0 Å². The maximum absolute atomic E-state index is 5.29. The van der Waals surface area contributed by atoms with Crippen molar-refractivity contribution in [2.24, 2.45) is 5.92 Å². The molecule has 1 fully saturated rings. The molecule has 2 heterocycles. The average Bonchev–Trinajstić information content (AvgIpc) is 2.31. The van der Waals surface area contributed by atoms with Crippen LogP contribution in [0.4, 0.5) is 0 Å². The van der Waals surface area contributed by atoms with Crippen molar-refractivity contribution in [1.82, 2.24) is 10.3 Å². The molecule has 1 atom stereocenters. The number of piperidine rings is 1. The van der Waals surface area contributed by atoms with E-state index in [0.29, 0.717) is 5.92 Å². The van der Waals surface area contributed by atoms with Crippen molar-refractivity contribution in [2.45, 2.75) is 19.3 Å². The van der Waals surface area contributed by atoms with Gasteiger partial charge in [0.25, 0.3) is 0 Å². The molecule has 3 nitrogen and oxygen atoms in total. The van der Waals surface area contributed by atoms with Crippen molar-refractivity contribution >= 4 is 15.9 Å². The van der Waals surface area contributed by atoms with E-state index in [2.05, 4.69) is 32.3 Å². The first kappa shape index (κ1) is 11.9. The molecule has 0 aromatic carbocycles. The fourth-order valence-electron chi connectivity index (χ4n) is 2.21. The second kappa shape index (κ2) is 5.64. The van der Waals surface area contributed by atoms with Gasteiger partial charge in [0.2, 0.25) is 5.88 Å². The van der Waals surface area contributed by atoms with Crippen LogP contribution in [-0.2, 0) is 6.42 Å². The molecule has 0 saturated carbocycles. The van der Waals surface area contributed by atoms with E-state index in [9.17, 15) is 0 Å². The Balaban J connectivity index is 2.09. The first-order chi connectivity index (χ1) is 7.79. The highest BCUT2D eigenvalue weighted by Gasteiger charge is 2.16. The van der Waals surface area contributed by atoms with Gasteiger partial charge in [0.1, 0.15) is 0 Å². The Labute approximate surface area is 105 Å². The summed E-state index contributed by atoms with van der Waals surface area (Å²) in [6, 6.07) is 2.11. The molecular formula is C12H17BrN2O. The van der Waals surface area contributed by atoms with Crippen LogP contribution in [0.15, 0.2) is 16.7 Å². The molecule has 88 valence electrons. The van der Waals surface area contributed by atoms with Gasteiger partial charge in [-0.3, -0.25) is 0 Å². The summed E-state index contributed by atoms with van der Waals surface area (Å²) >= 11 is 3.46. The van der Waals surface area contributed by atoms with Gasteiger partial charge in [-0.25, -0.2) is 4.98 Å². The highest BCUT2D eigenvalue weighted by atomic mass is 79.9. The first-order valence-corrected chi connectivity index (χ1v) is 6.48. The van der Waals surface area contributed by atoms with Crippen molar-refractivity contribution in [3.8, 4) is 5.88 Å². The number of hydrogen-bond acceptors (Lipinski definition) is 3. The van der Waals surface area contributed by atoms with Crippen LogP contribution in [-0.4, -0.2) is 25.2 Å². The van der Waals surface area contributed by atoms with Crippen LogP contribution in [0.25, 0.3) is 0 Å². The molecule has 16 heavy (non-hydrogen) atoms. The van der Waals surface area contributed by atoms with Gasteiger partial charge >= 0.3 is 0 Å². The minimum atomic E-state index is 0.707. The van der Waals surface area contributed by atoms with E-state index in [0.717, 1.165) is 29.9 Å². The molecule has 0 aliphatic carbocycles. The van der Waals surface area contributed by atoms with Gasteiger partial charge < -0.3 is 10.1 Å². The van der Waals surface area contributed by atoms with Crippen molar-refractivity contribution < 1.29 is 4.74 Å². The van der Waals surface area contributed by atoms with Crippen molar-refractivity contribution in [3.63, 3.8) is 0 Å². The van der Waals surface area contributed by atoms with E-state index >= 15 is 0 Å². The van der Waals surface area contributed by atoms with E-state index in [4.69, 9.17) is 4.74 Å². The number of rotatable bonds is 3. The average molecular weight is 285 g/mol. The zero-order chi connectivity index (χ0) is 11.4. The zero-order valence-electron chi connectivity index (χ0n) is 9.50. The van der Waals surface area contributed by atoms with Gasteiger partial charge in [0, 0.05) is 16.2 Å². The Hall–Kier alpha value is -0.610. The maximum atomic E-state index is 5.29. The van der Waals surface area contributed by atoms with Gasteiger partial charge in [0.15, 0.2) is 0 Å². The first-order valence-electron chi connectivity index (χ1n) is 5.68. The van der Waals surface area contributed by atoms with Crippen molar-refractivity contribution in [3.05, 3.63) is 22.3 Å². The van der Waals surface area contributed by atoms with Crippen molar-refractivity contribution in [1.29, 1.82) is 0 Å². The molecule has 1 aliphatic heterocycles. The number of methoxy groups -OCH3 is 1. The summed E-state index contributed by atoms with van der Waals surface area (Å²) in [6.45, 7) is 2.26. The van der Waals surface area contributed by atoms with Crippen LogP contribution in [0.1, 0.15) is 18.4 Å². The van der Waals surface area contributed by atoms with Gasteiger partial charge in [-0.1, -0.05) is 0 Å². The molecule has 1 saturated heterocycles. The Morgan fingerprint density at radius 3 is 3.19 bits per heavy atom. The van der Waals surface area contributed by atoms with Crippen molar-refractivity contribution in [2.75, 3.05) is 20.2 Å². The number of pyridine rings is 1. The van der Waals surface area contributed by atoms with Crippen LogP contribution in [0.2, 0.25) is 0 Å². The summed E-state index contributed by atoms with van der Waals surface area (Å²) in [7, 11) is 1.68. The predicted molar refractivity (Wildman–Crippen MR) is 67.8 cm³/mol. The molecule has 2 rings (SSSR count). The van der Waals surface area contributed by atoms with Crippen LogP contribution >= 0.6 is 15.9 Å². The highest BCUT2D eigenvalue weighted by molar-refractivity contribution is 9.10. The number of nitrogens with zero attached hydrogens (tertiary/aromatic N) is 1. The molecule has 1 N–H and O–H groups in total.